The van der Waals surface area contributed by atoms with Gasteiger partial charge in [-0.05, 0) is 54.1 Å². The Morgan fingerprint density at radius 2 is 1.40 bits per heavy atom. The Labute approximate surface area is 202 Å². The highest BCUT2D eigenvalue weighted by Gasteiger charge is 2.23. The van der Waals surface area contributed by atoms with Gasteiger partial charge in [-0.15, -0.1) is 11.8 Å². The Bertz CT molecular complexity index is 1400. The summed E-state index contributed by atoms with van der Waals surface area (Å²) in [5.41, 5.74) is -0.142. The number of hydrogen-bond acceptors (Lipinski definition) is 3. The lowest BCUT2D eigenvalue weighted by molar-refractivity contribution is -0.115. The number of anilines is 2. The summed E-state index contributed by atoms with van der Waals surface area (Å²) in [5.74, 6) is -7.70. The fourth-order valence-corrected chi connectivity index (χ4v) is 4.18. The fraction of sp³-hybridized carbons (Fsp3) is 0.0769. The van der Waals surface area contributed by atoms with E-state index in [-0.39, 0.29) is 12.0 Å². The van der Waals surface area contributed by atoms with Crippen molar-refractivity contribution in [3.8, 4) is 0 Å². The molecule has 1 unspecified atom stereocenters. The van der Waals surface area contributed by atoms with Gasteiger partial charge in [0.15, 0.2) is 23.3 Å². The van der Waals surface area contributed by atoms with Gasteiger partial charge >= 0.3 is 0 Å². The summed E-state index contributed by atoms with van der Waals surface area (Å²) in [6.07, 6.45) is 0. The van der Waals surface area contributed by atoms with E-state index < -0.39 is 40.1 Å². The summed E-state index contributed by atoms with van der Waals surface area (Å²) in [6.45, 7) is 1.47. The lowest BCUT2D eigenvalue weighted by Crippen LogP contribution is -2.24. The van der Waals surface area contributed by atoms with E-state index in [1.54, 1.807) is 36.4 Å². The van der Waals surface area contributed by atoms with Crippen molar-refractivity contribution in [3.05, 3.63) is 102 Å². The summed E-state index contributed by atoms with van der Waals surface area (Å²) >= 11 is 1.06. The maximum atomic E-state index is 13.8. The van der Waals surface area contributed by atoms with Gasteiger partial charge in [-0.1, -0.05) is 30.3 Å². The van der Waals surface area contributed by atoms with E-state index in [2.05, 4.69) is 5.32 Å². The Morgan fingerprint density at radius 3 is 2.06 bits per heavy atom. The second kappa shape index (κ2) is 10.2. The van der Waals surface area contributed by atoms with E-state index in [9.17, 15) is 27.2 Å². The molecule has 0 fully saturated rings. The topological polar surface area (TPSA) is 58.2 Å². The summed E-state index contributed by atoms with van der Waals surface area (Å²) < 4.78 is 54.3. The molecule has 4 nitrogen and oxygen atoms in total. The third-order valence-electron chi connectivity index (χ3n) is 5.17. The molecule has 4 aromatic rings. The molecule has 0 aromatic heterocycles. The zero-order chi connectivity index (χ0) is 25.1. The molecule has 178 valence electrons. The van der Waals surface area contributed by atoms with Crippen molar-refractivity contribution in [2.24, 2.45) is 0 Å². The van der Waals surface area contributed by atoms with Crippen molar-refractivity contribution < 1.29 is 27.2 Å². The van der Waals surface area contributed by atoms with Crippen LogP contribution in [-0.4, -0.2) is 17.1 Å². The van der Waals surface area contributed by atoms with Crippen LogP contribution in [-0.2, 0) is 4.79 Å². The molecule has 1 atom stereocenters. The average Bonchev–Trinajstić information content (AvgIpc) is 2.86. The molecule has 9 heteroatoms. The number of carbonyl (C=O) groups is 2. The summed E-state index contributed by atoms with van der Waals surface area (Å²) in [5, 5.41) is 5.82. The van der Waals surface area contributed by atoms with Gasteiger partial charge in [0.25, 0.3) is 5.91 Å². The minimum atomic E-state index is -1.68. The van der Waals surface area contributed by atoms with Gasteiger partial charge in [-0.25, -0.2) is 17.6 Å². The molecule has 0 saturated carbocycles. The molecule has 2 amide bonds. The number of carbonyl (C=O) groups excluding carboxylic acids is 2. The van der Waals surface area contributed by atoms with Crippen LogP contribution in [0.3, 0.4) is 0 Å². The predicted octanol–water partition coefficient (Wildman–Crippen LogP) is 6.77. The van der Waals surface area contributed by atoms with Crippen molar-refractivity contribution in [1.29, 1.82) is 0 Å². The van der Waals surface area contributed by atoms with Crippen LogP contribution >= 0.6 is 11.8 Å². The molecule has 0 bridgehead atoms. The zero-order valence-electron chi connectivity index (χ0n) is 18.2. The summed E-state index contributed by atoms with van der Waals surface area (Å²) in [4.78, 5) is 25.6. The minimum absolute atomic E-state index is 0.0683. The minimum Gasteiger partial charge on any atom is -0.322 e. The molecule has 0 aliphatic rings. The third-order valence-corrected chi connectivity index (χ3v) is 6.28. The van der Waals surface area contributed by atoms with Crippen LogP contribution in [0, 0.1) is 23.3 Å². The van der Waals surface area contributed by atoms with Gasteiger partial charge in [0, 0.05) is 22.2 Å². The van der Waals surface area contributed by atoms with Crippen LogP contribution < -0.4 is 10.6 Å². The van der Waals surface area contributed by atoms with Gasteiger partial charge in [-0.3, -0.25) is 9.59 Å². The highest BCUT2D eigenvalue weighted by Crippen LogP contribution is 2.28. The highest BCUT2D eigenvalue weighted by molar-refractivity contribution is 8.00. The molecule has 2 N–H and O–H groups in total. The van der Waals surface area contributed by atoms with Gasteiger partial charge in [0.2, 0.25) is 5.91 Å². The molecule has 0 saturated heterocycles. The fourth-order valence-electron chi connectivity index (χ4n) is 3.32. The lowest BCUT2D eigenvalue weighted by atomic mass is 10.1. The molecular weight excluding hydrogens is 480 g/mol. The van der Waals surface area contributed by atoms with Crippen molar-refractivity contribution >= 4 is 45.7 Å². The van der Waals surface area contributed by atoms with Crippen LogP contribution in [0.25, 0.3) is 10.8 Å². The smallest absolute Gasteiger partial charge is 0.255 e. The number of benzene rings is 4. The van der Waals surface area contributed by atoms with E-state index in [1.807, 2.05) is 35.6 Å². The first-order chi connectivity index (χ1) is 16.7. The zero-order valence-corrected chi connectivity index (χ0v) is 19.1. The molecule has 0 aliphatic carbocycles. The highest BCUT2D eigenvalue weighted by atomic mass is 32.2. The van der Waals surface area contributed by atoms with Gasteiger partial charge in [0.05, 0.1) is 5.25 Å². The molecule has 4 aromatic carbocycles. The number of nitrogens with one attached hydrogen (secondary N) is 2. The van der Waals surface area contributed by atoms with Crippen LogP contribution in [0.1, 0.15) is 17.3 Å². The van der Waals surface area contributed by atoms with Crippen LogP contribution in [0.2, 0.25) is 0 Å². The average molecular weight is 499 g/mol. The van der Waals surface area contributed by atoms with E-state index in [1.165, 1.54) is 6.92 Å². The summed E-state index contributed by atoms with van der Waals surface area (Å²) in [7, 11) is 0. The first kappa shape index (κ1) is 24.3. The first-order valence-electron chi connectivity index (χ1n) is 10.4. The second-order valence-corrected chi connectivity index (χ2v) is 9.05. The Morgan fingerprint density at radius 1 is 0.771 bits per heavy atom. The van der Waals surface area contributed by atoms with E-state index >= 15 is 0 Å². The monoisotopic (exact) mass is 498 g/mol. The Kier molecular flexibility index (Phi) is 7.07. The molecule has 0 radical (unpaired) electrons. The van der Waals surface area contributed by atoms with Gasteiger partial charge in [-0.2, -0.15) is 0 Å². The van der Waals surface area contributed by atoms with E-state index in [0.717, 1.165) is 22.5 Å². The van der Waals surface area contributed by atoms with Crippen molar-refractivity contribution in [3.63, 3.8) is 0 Å². The molecular formula is C26H18F4N2O2S. The van der Waals surface area contributed by atoms with Crippen molar-refractivity contribution in [2.75, 3.05) is 10.6 Å². The molecule has 35 heavy (non-hydrogen) atoms. The first-order valence-corrected chi connectivity index (χ1v) is 11.3. The standard InChI is InChI=1S/C26H18F4N2O2S/c1-14(25(33)32-24-22(29)20(27)13-21(28)23(24)30)35-19-10-8-18(9-11-19)31-26(34)17-7-6-15-4-2-3-5-16(15)12-17/h2-14H,1H3,(H,31,34)(H,32,33). The number of hydrogen-bond donors (Lipinski definition) is 2. The number of rotatable bonds is 6. The molecule has 0 aliphatic heterocycles. The quantitative estimate of drug-likeness (QED) is 0.175. The number of thioether (sulfide) groups is 1. The Hall–Kier alpha value is -3.85. The molecule has 0 heterocycles. The van der Waals surface area contributed by atoms with Crippen LogP contribution in [0.15, 0.2) is 77.7 Å². The Balaban J connectivity index is 1.39. The maximum absolute atomic E-state index is 13.8. The summed E-state index contributed by atoms with van der Waals surface area (Å²) in [6, 6.07) is 19.8. The maximum Gasteiger partial charge on any atom is 0.255 e. The van der Waals surface area contributed by atoms with Crippen LogP contribution in [0.5, 0.6) is 0 Å². The van der Waals surface area contributed by atoms with Crippen molar-refractivity contribution in [1.82, 2.24) is 0 Å². The van der Waals surface area contributed by atoms with E-state index in [0.29, 0.717) is 16.1 Å². The predicted molar refractivity (Wildman–Crippen MR) is 129 cm³/mol. The normalized spacial score (nSPS) is 11.8. The number of fused-ring (bicyclic) bond motifs is 1. The largest absolute Gasteiger partial charge is 0.322 e. The van der Waals surface area contributed by atoms with Gasteiger partial charge < -0.3 is 10.6 Å². The molecule has 0 spiro atoms. The number of amides is 2. The number of halogens is 4. The van der Waals surface area contributed by atoms with E-state index in [4.69, 9.17) is 0 Å². The van der Waals surface area contributed by atoms with Crippen LogP contribution in [0.4, 0.5) is 28.9 Å². The SMILES string of the molecule is CC(Sc1ccc(NC(=O)c2ccc3ccccc3c2)cc1)C(=O)Nc1c(F)c(F)cc(F)c1F. The third kappa shape index (κ3) is 5.46. The van der Waals surface area contributed by atoms with Crippen molar-refractivity contribution in [2.45, 2.75) is 17.1 Å². The van der Waals surface area contributed by atoms with Gasteiger partial charge in [0.1, 0.15) is 5.69 Å². The molecule has 4 rings (SSSR count). The second-order valence-electron chi connectivity index (χ2n) is 7.63. The lowest BCUT2D eigenvalue weighted by Gasteiger charge is -2.14.